The summed E-state index contributed by atoms with van der Waals surface area (Å²) in [5.74, 6) is 0.481. The van der Waals surface area contributed by atoms with E-state index in [0.29, 0.717) is 17.0 Å². The smallest absolute Gasteiger partial charge is 0.264 e. The Morgan fingerprint density at radius 2 is 1.61 bits per heavy atom. The number of rotatable bonds is 6. The van der Waals surface area contributed by atoms with Crippen molar-refractivity contribution in [1.82, 2.24) is 5.32 Å². The highest BCUT2D eigenvalue weighted by molar-refractivity contribution is 7.92. The summed E-state index contributed by atoms with van der Waals surface area (Å²) in [7, 11) is -0.670. The summed E-state index contributed by atoms with van der Waals surface area (Å²) >= 11 is 0. The second-order valence-corrected chi connectivity index (χ2v) is 8.97. The van der Waals surface area contributed by atoms with E-state index in [4.69, 9.17) is 4.74 Å². The first kappa shape index (κ1) is 20.2. The van der Waals surface area contributed by atoms with Crippen LogP contribution in [0.3, 0.4) is 0 Å². The monoisotopic (exact) mass is 402 g/mol. The van der Waals surface area contributed by atoms with Crippen LogP contribution in [0.4, 0.5) is 5.69 Å². The molecule has 0 aromatic heterocycles. The van der Waals surface area contributed by atoms with Crippen LogP contribution in [0, 0.1) is 0 Å². The van der Waals surface area contributed by atoms with Gasteiger partial charge in [0.1, 0.15) is 5.75 Å². The summed E-state index contributed by atoms with van der Waals surface area (Å²) in [5.41, 5.74) is 1.02. The number of amides is 1. The molecule has 0 atom stereocenters. The van der Waals surface area contributed by atoms with Crippen molar-refractivity contribution < 1.29 is 17.9 Å². The molecule has 0 spiro atoms. The highest BCUT2D eigenvalue weighted by Gasteiger charge is 2.22. The van der Waals surface area contributed by atoms with Gasteiger partial charge >= 0.3 is 0 Å². The summed E-state index contributed by atoms with van der Waals surface area (Å²) < 4.78 is 31.9. The number of sulfonamides is 1. The van der Waals surface area contributed by atoms with Gasteiger partial charge in [-0.15, -0.1) is 0 Å². The Labute approximate surface area is 166 Å². The molecule has 1 fully saturated rings. The molecule has 1 aliphatic rings. The van der Waals surface area contributed by atoms with Gasteiger partial charge < -0.3 is 10.1 Å². The van der Waals surface area contributed by atoms with Crippen LogP contribution in [0.1, 0.15) is 42.5 Å². The van der Waals surface area contributed by atoms with Crippen LogP contribution in [0.15, 0.2) is 53.4 Å². The molecule has 1 saturated carbocycles. The van der Waals surface area contributed by atoms with Gasteiger partial charge in [0, 0.05) is 18.7 Å². The number of benzene rings is 2. The molecule has 150 valence electrons. The second-order valence-electron chi connectivity index (χ2n) is 7.00. The fourth-order valence-electron chi connectivity index (χ4n) is 3.38. The lowest BCUT2D eigenvalue weighted by atomic mass is 9.95. The number of anilines is 1. The van der Waals surface area contributed by atoms with E-state index in [2.05, 4.69) is 5.32 Å². The first-order chi connectivity index (χ1) is 13.4. The molecule has 0 unspecified atom stereocenters. The van der Waals surface area contributed by atoms with E-state index in [1.807, 2.05) is 0 Å². The average Bonchev–Trinajstić information content (AvgIpc) is 2.74. The normalized spacial score (nSPS) is 15.1. The molecule has 7 heteroatoms. The fraction of sp³-hybridized carbons (Fsp3) is 0.381. The second kappa shape index (κ2) is 8.65. The van der Waals surface area contributed by atoms with E-state index >= 15 is 0 Å². The maximum atomic E-state index is 12.8. The zero-order valence-corrected chi connectivity index (χ0v) is 17.0. The van der Waals surface area contributed by atoms with Crippen molar-refractivity contribution >= 4 is 21.6 Å². The van der Waals surface area contributed by atoms with E-state index in [0.717, 1.165) is 25.7 Å². The van der Waals surface area contributed by atoms with Gasteiger partial charge in [-0.3, -0.25) is 9.10 Å². The van der Waals surface area contributed by atoms with E-state index < -0.39 is 10.0 Å². The maximum Gasteiger partial charge on any atom is 0.264 e. The lowest BCUT2D eigenvalue weighted by Crippen LogP contribution is -2.36. The summed E-state index contributed by atoms with van der Waals surface area (Å²) in [4.78, 5) is 12.6. The van der Waals surface area contributed by atoms with Gasteiger partial charge in [0.25, 0.3) is 15.9 Å². The number of nitrogens with one attached hydrogen (secondary N) is 1. The summed E-state index contributed by atoms with van der Waals surface area (Å²) in [5, 5.41) is 3.07. The van der Waals surface area contributed by atoms with Crippen LogP contribution in [-0.4, -0.2) is 34.5 Å². The molecular formula is C21H26N2O4S. The lowest BCUT2D eigenvalue weighted by molar-refractivity contribution is 0.0927. The molecule has 6 nitrogen and oxygen atoms in total. The predicted molar refractivity (Wildman–Crippen MR) is 109 cm³/mol. The van der Waals surface area contributed by atoms with Gasteiger partial charge in [0.2, 0.25) is 0 Å². The zero-order valence-electron chi connectivity index (χ0n) is 16.2. The minimum atomic E-state index is -3.70. The summed E-state index contributed by atoms with van der Waals surface area (Å²) in [6.45, 7) is 0. The third-order valence-electron chi connectivity index (χ3n) is 5.15. The first-order valence-electron chi connectivity index (χ1n) is 9.46. The Kier molecular flexibility index (Phi) is 6.24. The number of ether oxygens (including phenoxy) is 1. The average molecular weight is 403 g/mol. The number of carbonyl (C=O) groups is 1. The van der Waals surface area contributed by atoms with Crippen LogP contribution in [0.25, 0.3) is 0 Å². The zero-order chi connectivity index (χ0) is 20.1. The van der Waals surface area contributed by atoms with E-state index in [1.165, 1.54) is 37.0 Å². The summed E-state index contributed by atoms with van der Waals surface area (Å²) in [6.07, 6.45) is 5.57. The Morgan fingerprint density at radius 3 is 2.18 bits per heavy atom. The van der Waals surface area contributed by atoms with E-state index in [1.54, 1.807) is 36.4 Å². The van der Waals surface area contributed by atoms with Crippen LogP contribution in [0.2, 0.25) is 0 Å². The topological polar surface area (TPSA) is 75.7 Å². The van der Waals surface area contributed by atoms with Crippen LogP contribution >= 0.6 is 0 Å². The largest absolute Gasteiger partial charge is 0.497 e. The Morgan fingerprint density at radius 1 is 1.00 bits per heavy atom. The fourth-order valence-corrected chi connectivity index (χ4v) is 4.58. The van der Waals surface area contributed by atoms with Crippen LogP contribution in [-0.2, 0) is 10.0 Å². The predicted octanol–water partition coefficient (Wildman–Crippen LogP) is 3.58. The molecule has 1 N–H and O–H groups in total. The molecule has 28 heavy (non-hydrogen) atoms. The van der Waals surface area contributed by atoms with Gasteiger partial charge in [-0.25, -0.2) is 8.42 Å². The molecule has 0 heterocycles. The number of carbonyl (C=O) groups excluding carboxylic acids is 1. The highest BCUT2D eigenvalue weighted by Crippen LogP contribution is 2.24. The first-order valence-corrected chi connectivity index (χ1v) is 10.9. The molecule has 0 radical (unpaired) electrons. The van der Waals surface area contributed by atoms with E-state index in [-0.39, 0.29) is 16.8 Å². The Hall–Kier alpha value is -2.54. The van der Waals surface area contributed by atoms with Crippen molar-refractivity contribution in [2.24, 2.45) is 0 Å². The minimum absolute atomic E-state index is 0.112. The van der Waals surface area contributed by atoms with Gasteiger partial charge in [-0.05, 0) is 61.4 Å². The summed E-state index contributed by atoms with van der Waals surface area (Å²) in [6, 6.07) is 13.1. The van der Waals surface area contributed by atoms with Crippen molar-refractivity contribution in [2.45, 2.75) is 43.0 Å². The van der Waals surface area contributed by atoms with Gasteiger partial charge in [0.15, 0.2) is 0 Å². The van der Waals surface area contributed by atoms with Crippen LogP contribution < -0.4 is 14.4 Å². The van der Waals surface area contributed by atoms with Crippen molar-refractivity contribution in [3.63, 3.8) is 0 Å². The molecule has 0 bridgehead atoms. The Bertz CT molecular complexity index is 902. The molecule has 1 aliphatic carbocycles. The standard InChI is InChI=1S/C21H26N2O4S/c1-23(28(25,26)20-14-12-19(27-2)13-15-20)18-10-8-16(9-11-18)21(24)22-17-6-4-3-5-7-17/h8-15,17H,3-7H2,1-2H3,(H,22,24). The van der Waals surface area contributed by atoms with Gasteiger partial charge in [0.05, 0.1) is 17.7 Å². The molecule has 2 aromatic rings. The minimum Gasteiger partial charge on any atom is -0.497 e. The number of hydrogen-bond donors (Lipinski definition) is 1. The highest BCUT2D eigenvalue weighted by atomic mass is 32.2. The lowest BCUT2D eigenvalue weighted by Gasteiger charge is -2.23. The van der Waals surface area contributed by atoms with Crippen molar-refractivity contribution in [2.75, 3.05) is 18.5 Å². The molecule has 3 rings (SSSR count). The SMILES string of the molecule is COc1ccc(S(=O)(=O)N(C)c2ccc(C(=O)NC3CCCCC3)cc2)cc1. The quantitative estimate of drug-likeness (QED) is 0.801. The number of hydrogen-bond acceptors (Lipinski definition) is 4. The van der Waals surface area contributed by atoms with Gasteiger partial charge in [-0.1, -0.05) is 19.3 Å². The third kappa shape index (κ3) is 4.47. The maximum absolute atomic E-state index is 12.8. The van der Waals surface area contributed by atoms with Crippen LogP contribution in [0.5, 0.6) is 5.75 Å². The Balaban J connectivity index is 1.71. The number of nitrogens with zero attached hydrogens (tertiary/aromatic N) is 1. The molecule has 1 amide bonds. The van der Waals surface area contributed by atoms with Crippen molar-refractivity contribution in [3.8, 4) is 5.75 Å². The molecule has 0 aliphatic heterocycles. The van der Waals surface area contributed by atoms with E-state index in [9.17, 15) is 13.2 Å². The molecule has 0 saturated heterocycles. The van der Waals surface area contributed by atoms with Crippen molar-refractivity contribution in [3.05, 3.63) is 54.1 Å². The van der Waals surface area contributed by atoms with Gasteiger partial charge in [-0.2, -0.15) is 0 Å². The molecule has 2 aromatic carbocycles. The molecular weight excluding hydrogens is 376 g/mol. The third-order valence-corrected chi connectivity index (χ3v) is 6.95. The number of methoxy groups -OCH3 is 1. The van der Waals surface area contributed by atoms with Crippen molar-refractivity contribution in [1.29, 1.82) is 0 Å².